The van der Waals surface area contributed by atoms with Gasteiger partial charge in [0.25, 0.3) is 5.56 Å². The van der Waals surface area contributed by atoms with Gasteiger partial charge in [0, 0.05) is 17.7 Å². The Morgan fingerprint density at radius 3 is 2.62 bits per heavy atom. The van der Waals surface area contributed by atoms with E-state index in [1.165, 1.54) is 0 Å². The van der Waals surface area contributed by atoms with Gasteiger partial charge in [0.15, 0.2) is 11.5 Å². The van der Waals surface area contributed by atoms with Gasteiger partial charge in [0.2, 0.25) is 0 Å². The van der Waals surface area contributed by atoms with E-state index in [4.69, 9.17) is 16.3 Å². The van der Waals surface area contributed by atoms with Crippen LogP contribution in [0, 0.1) is 6.92 Å². The monoisotopic (exact) mass is 310 g/mol. The Balaban J connectivity index is 2.45. The highest BCUT2D eigenvalue weighted by atomic mass is 35.5. The van der Waals surface area contributed by atoms with Crippen molar-refractivity contribution in [2.75, 3.05) is 6.61 Å². The van der Waals surface area contributed by atoms with E-state index in [0.717, 1.165) is 0 Å². The zero-order valence-electron chi connectivity index (χ0n) is 11.6. The molecule has 0 aliphatic rings. The maximum absolute atomic E-state index is 11.8. The first kappa shape index (κ1) is 15.2. The molecule has 0 spiro atoms. The minimum atomic E-state index is -0.542. The normalized spacial score (nSPS) is 10.6. The highest BCUT2D eigenvalue weighted by Gasteiger charge is 2.13. The number of aryl methyl sites for hydroxylation is 1. The summed E-state index contributed by atoms with van der Waals surface area (Å²) < 4.78 is 5.30. The van der Waals surface area contributed by atoms with Crippen LogP contribution in [-0.2, 0) is 6.42 Å². The van der Waals surface area contributed by atoms with Gasteiger partial charge in [-0.1, -0.05) is 11.6 Å². The first-order valence-corrected chi connectivity index (χ1v) is 6.76. The van der Waals surface area contributed by atoms with Crippen molar-refractivity contribution in [2.24, 2.45) is 0 Å². The third-order valence-corrected chi connectivity index (χ3v) is 3.31. The lowest BCUT2D eigenvalue weighted by atomic mass is 10.0. The number of H-pyrrole nitrogens is 2. The quantitative estimate of drug-likeness (QED) is 0.801. The molecule has 112 valence electrons. The van der Waals surface area contributed by atoms with Crippen molar-refractivity contribution in [3.8, 4) is 11.5 Å². The maximum Gasteiger partial charge on any atom is 0.325 e. The molecule has 3 N–H and O–H groups in total. The summed E-state index contributed by atoms with van der Waals surface area (Å²) in [6.45, 7) is 3.82. The zero-order chi connectivity index (χ0) is 15.6. The molecule has 0 fully saturated rings. The smallest absolute Gasteiger partial charge is 0.325 e. The van der Waals surface area contributed by atoms with E-state index in [-0.39, 0.29) is 22.9 Å². The van der Waals surface area contributed by atoms with E-state index in [1.807, 2.05) is 0 Å². The second-order valence-corrected chi connectivity index (χ2v) is 4.95. The van der Waals surface area contributed by atoms with E-state index in [9.17, 15) is 14.7 Å². The van der Waals surface area contributed by atoms with Crippen molar-refractivity contribution in [1.29, 1.82) is 0 Å². The summed E-state index contributed by atoms with van der Waals surface area (Å²) in [5.41, 5.74) is 0.630. The lowest BCUT2D eigenvalue weighted by Gasteiger charge is -2.10. The highest BCUT2D eigenvalue weighted by molar-refractivity contribution is 6.32. The number of phenolic OH excluding ortho intramolecular Hbond substituents is 1. The van der Waals surface area contributed by atoms with Gasteiger partial charge in [-0.15, -0.1) is 0 Å². The van der Waals surface area contributed by atoms with Gasteiger partial charge < -0.3 is 14.8 Å². The number of hydrogen-bond acceptors (Lipinski definition) is 4. The molecule has 0 atom stereocenters. The van der Waals surface area contributed by atoms with E-state index >= 15 is 0 Å². The number of benzene rings is 1. The number of rotatable bonds is 4. The van der Waals surface area contributed by atoms with Gasteiger partial charge in [-0.05, 0) is 31.5 Å². The molecule has 1 aromatic carbocycles. The second kappa shape index (κ2) is 6.05. The minimum absolute atomic E-state index is 0.130. The lowest BCUT2D eigenvalue weighted by molar-refractivity contribution is 0.318. The molecular weight excluding hydrogens is 296 g/mol. The Morgan fingerprint density at radius 2 is 2.00 bits per heavy atom. The van der Waals surface area contributed by atoms with Crippen LogP contribution in [0.25, 0.3) is 0 Å². The van der Waals surface area contributed by atoms with Gasteiger partial charge in [0.1, 0.15) is 0 Å². The zero-order valence-corrected chi connectivity index (χ0v) is 12.4. The highest BCUT2D eigenvalue weighted by Crippen LogP contribution is 2.35. The van der Waals surface area contributed by atoms with Gasteiger partial charge >= 0.3 is 5.69 Å². The number of aromatic hydroxyl groups is 1. The molecule has 0 unspecified atom stereocenters. The van der Waals surface area contributed by atoms with Crippen LogP contribution in [0.4, 0.5) is 0 Å². The Labute approximate surface area is 125 Å². The molecule has 6 nitrogen and oxygen atoms in total. The Kier molecular flexibility index (Phi) is 4.37. The average Bonchev–Trinajstić information content (AvgIpc) is 2.39. The summed E-state index contributed by atoms with van der Waals surface area (Å²) in [6.07, 6.45) is 0.262. The first-order valence-electron chi connectivity index (χ1n) is 6.38. The van der Waals surface area contributed by atoms with E-state index in [0.29, 0.717) is 23.4 Å². The Morgan fingerprint density at radius 1 is 1.29 bits per heavy atom. The molecule has 0 aliphatic carbocycles. The molecule has 1 aromatic heterocycles. The summed E-state index contributed by atoms with van der Waals surface area (Å²) in [6, 6.07) is 3.18. The number of aromatic amines is 2. The van der Waals surface area contributed by atoms with Crippen molar-refractivity contribution >= 4 is 11.6 Å². The Hall–Kier alpha value is -2.21. The predicted molar refractivity (Wildman–Crippen MR) is 79.5 cm³/mol. The van der Waals surface area contributed by atoms with Crippen LogP contribution >= 0.6 is 11.6 Å². The molecule has 0 amide bonds. The second-order valence-electron chi connectivity index (χ2n) is 4.55. The standard InChI is InChI=1S/C14H15ClN2O4/c1-3-21-11-6-8(5-10(15)12(11)18)4-9-7(2)16-14(20)17-13(9)19/h5-6,18H,3-4H2,1-2H3,(H2,16,17,19,20). The van der Waals surface area contributed by atoms with Gasteiger partial charge in [-0.25, -0.2) is 4.79 Å². The summed E-state index contributed by atoms with van der Waals surface area (Å²) in [7, 11) is 0. The van der Waals surface area contributed by atoms with E-state index in [1.54, 1.807) is 26.0 Å². The fourth-order valence-electron chi connectivity index (χ4n) is 2.04. The van der Waals surface area contributed by atoms with Crippen LogP contribution in [0.5, 0.6) is 11.5 Å². The third kappa shape index (κ3) is 3.28. The molecule has 0 saturated heterocycles. The number of aromatic nitrogens is 2. The number of hydrogen-bond donors (Lipinski definition) is 3. The molecular formula is C14H15ClN2O4. The minimum Gasteiger partial charge on any atom is -0.503 e. The molecule has 0 radical (unpaired) electrons. The van der Waals surface area contributed by atoms with E-state index < -0.39 is 11.2 Å². The number of phenols is 1. The fourth-order valence-corrected chi connectivity index (χ4v) is 2.27. The summed E-state index contributed by atoms with van der Waals surface area (Å²) >= 11 is 5.95. The van der Waals surface area contributed by atoms with Crippen molar-refractivity contribution in [1.82, 2.24) is 9.97 Å². The molecule has 7 heteroatoms. The van der Waals surface area contributed by atoms with Crippen LogP contribution in [0.15, 0.2) is 21.7 Å². The topological polar surface area (TPSA) is 95.2 Å². The molecule has 21 heavy (non-hydrogen) atoms. The van der Waals surface area contributed by atoms with Crippen LogP contribution in [0.3, 0.4) is 0 Å². The van der Waals surface area contributed by atoms with Crippen molar-refractivity contribution in [3.05, 3.63) is 54.8 Å². The van der Waals surface area contributed by atoms with Crippen LogP contribution in [-0.4, -0.2) is 21.7 Å². The average molecular weight is 311 g/mol. The third-order valence-electron chi connectivity index (χ3n) is 3.02. The lowest BCUT2D eigenvalue weighted by Crippen LogP contribution is -2.27. The van der Waals surface area contributed by atoms with Gasteiger partial charge in [-0.2, -0.15) is 0 Å². The molecule has 1 heterocycles. The number of halogens is 1. The van der Waals surface area contributed by atoms with Crippen LogP contribution in [0.1, 0.15) is 23.7 Å². The Bertz CT molecular complexity index is 780. The van der Waals surface area contributed by atoms with Crippen molar-refractivity contribution in [2.45, 2.75) is 20.3 Å². The molecule has 0 aliphatic heterocycles. The van der Waals surface area contributed by atoms with Crippen molar-refractivity contribution in [3.63, 3.8) is 0 Å². The largest absolute Gasteiger partial charge is 0.503 e. The van der Waals surface area contributed by atoms with Crippen LogP contribution < -0.4 is 16.0 Å². The molecule has 0 saturated carbocycles. The van der Waals surface area contributed by atoms with Gasteiger partial charge in [0.05, 0.1) is 11.6 Å². The number of nitrogens with one attached hydrogen (secondary N) is 2. The summed E-state index contributed by atoms with van der Waals surface area (Å²) in [4.78, 5) is 27.7. The van der Waals surface area contributed by atoms with Crippen LogP contribution in [0.2, 0.25) is 5.02 Å². The van der Waals surface area contributed by atoms with E-state index in [2.05, 4.69) is 9.97 Å². The maximum atomic E-state index is 11.8. The summed E-state index contributed by atoms with van der Waals surface area (Å²) in [5.74, 6) is 0.132. The SMILES string of the molecule is CCOc1cc(Cc2c(C)[nH]c(=O)[nH]c2=O)cc(Cl)c1O. The fraction of sp³-hybridized carbons (Fsp3) is 0.286. The number of ether oxygens (including phenoxy) is 1. The van der Waals surface area contributed by atoms with Crippen molar-refractivity contribution < 1.29 is 9.84 Å². The molecule has 2 rings (SSSR count). The summed E-state index contributed by atoms with van der Waals surface area (Å²) in [5, 5.41) is 9.94. The first-order chi connectivity index (χ1) is 9.92. The molecule has 2 aromatic rings. The van der Waals surface area contributed by atoms with Gasteiger partial charge in [-0.3, -0.25) is 9.78 Å². The molecule has 0 bridgehead atoms. The predicted octanol–water partition coefficient (Wildman–Crippen LogP) is 1.72.